The number of carbonyl (C=O) groups is 3. The normalized spacial score (nSPS) is 14.9. The molecule has 3 aromatic rings. The van der Waals surface area contributed by atoms with Crippen LogP contribution in [0, 0.1) is 20.8 Å². The molecule has 39 heavy (non-hydrogen) atoms. The van der Waals surface area contributed by atoms with Crippen molar-refractivity contribution in [1.29, 1.82) is 0 Å². The summed E-state index contributed by atoms with van der Waals surface area (Å²) in [6, 6.07) is 13.0. The topological polar surface area (TPSA) is 119 Å². The van der Waals surface area contributed by atoms with Gasteiger partial charge in [0.1, 0.15) is 10.5 Å². The van der Waals surface area contributed by atoms with Gasteiger partial charge >= 0.3 is 16.1 Å². The molecule has 1 heterocycles. The van der Waals surface area contributed by atoms with Crippen LogP contribution in [0.25, 0.3) is 6.08 Å². The Morgan fingerprint density at radius 1 is 0.949 bits per heavy atom. The van der Waals surface area contributed by atoms with Gasteiger partial charge in [-0.25, -0.2) is 9.69 Å². The van der Waals surface area contributed by atoms with Crippen LogP contribution in [0.5, 0.6) is 11.5 Å². The Balaban J connectivity index is 1.72. The summed E-state index contributed by atoms with van der Waals surface area (Å²) in [5.74, 6) is -1.98. The average Bonchev–Trinajstić information content (AvgIpc) is 2.86. The molecule has 4 amide bonds. The fourth-order valence-electron chi connectivity index (χ4n) is 3.80. The minimum Gasteiger partial charge on any atom is -0.490 e. The maximum Gasteiger partial charge on any atom is 0.339 e. The quantitative estimate of drug-likeness (QED) is 0.239. The largest absolute Gasteiger partial charge is 0.490 e. The molecule has 4 rings (SSSR count). The lowest BCUT2D eigenvalue weighted by atomic mass is 10.0. The number of carbonyl (C=O) groups excluding carboxylic acids is 3. The van der Waals surface area contributed by atoms with Gasteiger partial charge in [0.25, 0.3) is 11.8 Å². The van der Waals surface area contributed by atoms with Gasteiger partial charge < -0.3 is 8.92 Å². The SMILES string of the molecule is CCOc1cc(/C=C2\C(=O)NC(=O)N(c3ccc(C)c(C)c3)C2=O)cc(Cl)c1OS(=O)(=O)c1ccc(C)cc1. The van der Waals surface area contributed by atoms with E-state index in [0.717, 1.165) is 21.6 Å². The first-order valence-corrected chi connectivity index (χ1v) is 13.7. The monoisotopic (exact) mass is 568 g/mol. The van der Waals surface area contributed by atoms with E-state index in [9.17, 15) is 22.8 Å². The first kappa shape index (κ1) is 27.9. The summed E-state index contributed by atoms with van der Waals surface area (Å²) in [6.45, 7) is 7.38. The van der Waals surface area contributed by atoms with E-state index >= 15 is 0 Å². The third kappa shape index (κ3) is 5.81. The molecule has 202 valence electrons. The van der Waals surface area contributed by atoms with Crippen molar-refractivity contribution in [2.75, 3.05) is 11.5 Å². The van der Waals surface area contributed by atoms with Crippen molar-refractivity contribution >= 4 is 51.3 Å². The maximum absolute atomic E-state index is 13.3. The van der Waals surface area contributed by atoms with Crippen molar-refractivity contribution in [3.63, 3.8) is 0 Å². The van der Waals surface area contributed by atoms with Gasteiger partial charge in [0.05, 0.1) is 17.3 Å². The molecule has 1 saturated heterocycles. The number of barbiturate groups is 1. The zero-order valence-electron chi connectivity index (χ0n) is 21.6. The molecule has 1 aliphatic heterocycles. The summed E-state index contributed by atoms with van der Waals surface area (Å²) in [6.07, 6.45) is 1.24. The molecule has 11 heteroatoms. The highest BCUT2D eigenvalue weighted by Crippen LogP contribution is 2.39. The van der Waals surface area contributed by atoms with E-state index in [1.54, 1.807) is 37.3 Å². The van der Waals surface area contributed by atoms with Gasteiger partial charge in [0.2, 0.25) is 5.75 Å². The molecule has 0 aromatic heterocycles. The Morgan fingerprint density at radius 3 is 2.28 bits per heavy atom. The standard InChI is InChI=1S/C28H25ClN2O7S/c1-5-37-24-15-19(14-23(29)25(24)38-39(35,36)21-10-6-16(2)7-11-21)13-22-26(32)30-28(34)31(27(22)33)20-9-8-17(3)18(4)12-20/h6-15H,5H2,1-4H3,(H,30,32,34)/b22-13+. The summed E-state index contributed by atoms with van der Waals surface area (Å²) < 4.78 is 36.7. The third-order valence-corrected chi connectivity index (χ3v) is 7.51. The fraction of sp³-hybridized carbons (Fsp3) is 0.179. The van der Waals surface area contributed by atoms with Gasteiger partial charge in [-0.1, -0.05) is 35.4 Å². The molecule has 1 aliphatic rings. The highest BCUT2D eigenvalue weighted by Gasteiger charge is 2.37. The summed E-state index contributed by atoms with van der Waals surface area (Å²) >= 11 is 6.41. The Morgan fingerprint density at radius 2 is 1.64 bits per heavy atom. The number of hydrogen-bond donors (Lipinski definition) is 1. The Bertz CT molecular complexity index is 1630. The van der Waals surface area contributed by atoms with Crippen molar-refractivity contribution in [3.8, 4) is 11.5 Å². The lowest BCUT2D eigenvalue weighted by Crippen LogP contribution is -2.54. The Hall–Kier alpha value is -4.15. The highest BCUT2D eigenvalue weighted by atomic mass is 35.5. The molecule has 0 saturated carbocycles. The predicted octanol–water partition coefficient (Wildman–Crippen LogP) is 5.10. The number of amides is 4. The number of rotatable bonds is 7. The second-order valence-corrected chi connectivity index (χ2v) is 10.8. The van der Waals surface area contributed by atoms with Crippen LogP contribution in [0.1, 0.15) is 29.2 Å². The molecule has 1 N–H and O–H groups in total. The van der Waals surface area contributed by atoms with Crippen molar-refractivity contribution in [1.82, 2.24) is 5.32 Å². The van der Waals surface area contributed by atoms with Crippen molar-refractivity contribution in [3.05, 3.63) is 87.4 Å². The van der Waals surface area contributed by atoms with Gasteiger partial charge in [-0.2, -0.15) is 8.42 Å². The number of urea groups is 1. The van der Waals surface area contributed by atoms with Crippen molar-refractivity contribution in [2.24, 2.45) is 0 Å². The van der Waals surface area contributed by atoms with E-state index in [-0.39, 0.29) is 39.2 Å². The van der Waals surface area contributed by atoms with Crippen LogP contribution in [0.2, 0.25) is 5.02 Å². The number of nitrogens with zero attached hydrogens (tertiary/aromatic N) is 1. The smallest absolute Gasteiger partial charge is 0.339 e. The summed E-state index contributed by atoms with van der Waals surface area (Å²) in [7, 11) is -4.24. The summed E-state index contributed by atoms with van der Waals surface area (Å²) in [4.78, 5) is 39.3. The van der Waals surface area contributed by atoms with E-state index < -0.39 is 28.0 Å². The number of ether oxygens (including phenoxy) is 1. The van der Waals surface area contributed by atoms with Crippen LogP contribution in [0.4, 0.5) is 10.5 Å². The van der Waals surface area contributed by atoms with E-state index in [1.807, 2.05) is 20.8 Å². The molecule has 0 atom stereocenters. The van der Waals surface area contributed by atoms with Crippen LogP contribution in [-0.2, 0) is 19.7 Å². The van der Waals surface area contributed by atoms with Gasteiger partial charge in [-0.15, -0.1) is 0 Å². The molecule has 0 unspecified atom stereocenters. The Kier molecular flexibility index (Phi) is 7.80. The second-order valence-electron chi connectivity index (χ2n) is 8.84. The molecule has 0 aliphatic carbocycles. The van der Waals surface area contributed by atoms with Gasteiger partial charge in [-0.05, 0) is 86.9 Å². The number of benzene rings is 3. The minimum atomic E-state index is -4.24. The van der Waals surface area contributed by atoms with Crippen LogP contribution < -0.4 is 19.1 Å². The summed E-state index contributed by atoms with van der Waals surface area (Å²) in [5, 5.41) is 2.04. The number of anilines is 1. The molecule has 0 radical (unpaired) electrons. The fourth-order valence-corrected chi connectivity index (χ4v) is 5.06. The number of hydrogen-bond acceptors (Lipinski definition) is 7. The molecule has 0 spiro atoms. The van der Waals surface area contributed by atoms with Crippen molar-refractivity contribution < 1.29 is 31.7 Å². The zero-order chi connectivity index (χ0) is 28.5. The molecule has 9 nitrogen and oxygen atoms in total. The highest BCUT2D eigenvalue weighted by molar-refractivity contribution is 7.87. The lowest BCUT2D eigenvalue weighted by Gasteiger charge is -2.27. The number of nitrogens with one attached hydrogen (secondary N) is 1. The van der Waals surface area contributed by atoms with E-state index in [0.29, 0.717) is 5.69 Å². The third-order valence-electron chi connectivity index (χ3n) is 6.00. The van der Waals surface area contributed by atoms with Crippen molar-refractivity contribution in [2.45, 2.75) is 32.6 Å². The van der Waals surface area contributed by atoms with E-state index in [4.69, 9.17) is 20.5 Å². The number of imide groups is 2. The molecular formula is C28H25ClN2O7S. The van der Waals surface area contributed by atoms with Gasteiger partial charge in [0, 0.05) is 0 Å². The number of aryl methyl sites for hydroxylation is 3. The molecular weight excluding hydrogens is 544 g/mol. The minimum absolute atomic E-state index is 0.0155. The first-order valence-electron chi connectivity index (χ1n) is 11.9. The van der Waals surface area contributed by atoms with Crippen LogP contribution in [-0.4, -0.2) is 32.9 Å². The van der Waals surface area contributed by atoms with Crippen LogP contribution in [0.3, 0.4) is 0 Å². The predicted molar refractivity (Wildman–Crippen MR) is 147 cm³/mol. The second kappa shape index (κ2) is 10.9. The van der Waals surface area contributed by atoms with Gasteiger partial charge in [0.15, 0.2) is 5.75 Å². The van der Waals surface area contributed by atoms with E-state index in [1.165, 1.54) is 30.3 Å². The van der Waals surface area contributed by atoms with Crippen LogP contribution >= 0.6 is 11.6 Å². The average molecular weight is 569 g/mol. The van der Waals surface area contributed by atoms with Gasteiger partial charge in [-0.3, -0.25) is 14.9 Å². The summed E-state index contributed by atoms with van der Waals surface area (Å²) in [5.41, 5.74) is 2.93. The van der Waals surface area contributed by atoms with E-state index in [2.05, 4.69) is 5.32 Å². The Labute approximate surface area is 231 Å². The number of halogens is 1. The first-order chi connectivity index (χ1) is 18.4. The zero-order valence-corrected chi connectivity index (χ0v) is 23.1. The molecule has 0 bridgehead atoms. The lowest BCUT2D eigenvalue weighted by molar-refractivity contribution is -0.122. The maximum atomic E-state index is 13.3. The molecule has 1 fully saturated rings. The molecule has 3 aromatic carbocycles. The van der Waals surface area contributed by atoms with Crippen LogP contribution in [0.15, 0.2) is 65.1 Å².